The first kappa shape index (κ1) is 11.9. The van der Waals surface area contributed by atoms with E-state index in [1.807, 2.05) is 0 Å². The normalized spacial score (nSPS) is 13.1. The highest BCUT2D eigenvalue weighted by molar-refractivity contribution is 4.81. The van der Waals surface area contributed by atoms with Gasteiger partial charge in [0.25, 0.3) is 0 Å². The van der Waals surface area contributed by atoms with Crippen molar-refractivity contribution < 1.29 is 0 Å². The summed E-state index contributed by atoms with van der Waals surface area (Å²) >= 11 is 0. The SMILES string of the molecule is CC(C)C(C)NCCn1cccnc1=O. The molecule has 0 radical (unpaired) electrons. The summed E-state index contributed by atoms with van der Waals surface area (Å²) in [6.45, 7) is 7.97. The van der Waals surface area contributed by atoms with Crippen molar-refractivity contribution in [3.63, 3.8) is 0 Å². The second-order valence-corrected chi connectivity index (χ2v) is 4.08. The van der Waals surface area contributed by atoms with Gasteiger partial charge in [-0.1, -0.05) is 13.8 Å². The van der Waals surface area contributed by atoms with Crippen LogP contribution in [0.4, 0.5) is 0 Å². The summed E-state index contributed by atoms with van der Waals surface area (Å²) in [5, 5.41) is 3.37. The third kappa shape index (κ3) is 3.83. The molecule has 0 saturated carbocycles. The first-order chi connectivity index (χ1) is 7.11. The molecule has 1 atom stereocenters. The van der Waals surface area contributed by atoms with Crippen molar-refractivity contribution >= 4 is 0 Å². The summed E-state index contributed by atoms with van der Waals surface area (Å²) in [4.78, 5) is 14.9. The zero-order valence-electron chi connectivity index (χ0n) is 9.60. The van der Waals surface area contributed by atoms with Crippen LogP contribution in [-0.4, -0.2) is 22.1 Å². The third-order valence-corrected chi connectivity index (χ3v) is 2.60. The van der Waals surface area contributed by atoms with E-state index in [0.29, 0.717) is 18.5 Å². The van der Waals surface area contributed by atoms with E-state index in [1.54, 1.807) is 16.8 Å². The van der Waals surface area contributed by atoms with E-state index in [9.17, 15) is 4.79 Å². The first-order valence-electron chi connectivity index (χ1n) is 5.36. The molecule has 4 heteroatoms. The van der Waals surface area contributed by atoms with Gasteiger partial charge in [0.05, 0.1) is 0 Å². The molecule has 0 spiro atoms. The molecule has 0 bridgehead atoms. The van der Waals surface area contributed by atoms with Gasteiger partial charge < -0.3 is 5.32 Å². The largest absolute Gasteiger partial charge is 0.347 e. The minimum atomic E-state index is -0.184. The molecule has 0 aliphatic carbocycles. The van der Waals surface area contributed by atoms with Crippen LogP contribution in [0.25, 0.3) is 0 Å². The van der Waals surface area contributed by atoms with E-state index in [4.69, 9.17) is 0 Å². The number of hydrogen-bond donors (Lipinski definition) is 1. The van der Waals surface area contributed by atoms with Gasteiger partial charge in [-0.05, 0) is 18.9 Å². The van der Waals surface area contributed by atoms with Crippen LogP contribution in [0.1, 0.15) is 20.8 Å². The lowest BCUT2D eigenvalue weighted by Crippen LogP contribution is -2.35. The Morgan fingerprint density at radius 3 is 2.80 bits per heavy atom. The summed E-state index contributed by atoms with van der Waals surface area (Å²) < 4.78 is 1.61. The van der Waals surface area contributed by atoms with E-state index in [2.05, 4.69) is 31.1 Å². The number of aromatic nitrogens is 2. The Balaban J connectivity index is 2.39. The number of nitrogens with one attached hydrogen (secondary N) is 1. The lowest BCUT2D eigenvalue weighted by molar-refractivity contribution is 0.414. The van der Waals surface area contributed by atoms with Gasteiger partial charge in [-0.2, -0.15) is 0 Å². The van der Waals surface area contributed by atoms with Crippen molar-refractivity contribution in [3.8, 4) is 0 Å². The highest BCUT2D eigenvalue weighted by atomic mass is 16.1. The van der Waals surface area contributed by atoms with Crippen LogP contribution in [0, 0.1) is 5.92 Å². The van der Waals surface area contributed by atoms with E-state index >= 15 is 0 Å². The van der Waals surface area contributed by atoms with Gasteiger partial charge in [-0.3, -0.25) is 4.57 Å². The average Bonchev–Trinajstić information content (AvgIpc) is 2.20. The lowest BCUT2D eigenvalue weighted by Gasteiger charge is -2.17. The molecular formula is C11H19N3O. The monoisotopic (exact) mass is 209 g/mol. The Bertz CT molecular complexity index is 346. The Morgan fingerprint density at radius 1 is 1.47 bits per heavy atom. The minimum absolute atomic E-state index is 0.184. The molecule has 0 saturated heterocycles. The fourth-order valence-corrected chi connectivity index (χ4v) is 1.21. The highest BCUT2D eigenvalue weighted by Gasteiger charge is 2.05. The summed E-state index contributed by atoms with van der Waals surface area (Å²) in [5.74, 6) is 0.607. The standard InChI is InChI=1S/C11H19N3O/c1-9(2)10(3)12-6-8-14-7-4-5-13-11(14)15/h4-5,7,9-10,12H,6,8H2,1-3H3. The van der Waals surface area contributed by atoms with Gasteiger partial charge in [-0.25, -0.2) is 9.78 Å². The summed E-state index contributed by atoms with van der Waals surface area (Å²) in [6.07, 6.45) is 3.28. The van der Waals surface area contributed by atoms with Crippen molar-refractivity contribution in [1.29, 1.82) is 0 Å². The second kappa shape index (κ2) is 5.66. The van der Waals surface area contributed by atoms with E-state index in [-0.39, 0.29) is 5.69 Å². The van der Waals surface area contributed by atoms with Gasteiger partial charge in [0.2, 0.25) is 0 Å². The topological polar surface area (TPSA) is 46.9 Å². The van der Waals surface area contributed by atoms with Crippen LogP contribution >= 0.6 is 0 Å². The molecule has 1 N–H and O–H groups in total. The molecule has 1 aromatic rings. The maximum atomic E-state index is 11.3. The smallest absolute Gasteiger partial charge is 0.312 e. The Hall–Kier alpha value is -1.16. The molecule has 0 aromatic carbocycles. The summed E-state index contributed by atoms with van der Waals surface area (Å²) in [7, 11) is 0. The van der Waals surface area contributed by atoms with Gasteiger partial charge in [0, 0.05) is 31.5 Å². The molecule has 15 heavy (non-hydrogen) atoms. The zero-order valence-corrected chi connectivity index (χ0v) is 9.60. The molecule has 1 rings (SSSR count). The molecule has 1 aromatic heterocycles. The van der Waals surface area contributed by atoms with Crippen LogP contribution in [0.15, 0.2) is 23.3 Å². The van der Waals surface area contributed by atoms with Crippen molar-refractivity contribution in [1.82, 2.24) is 14.9 Å². The molecule has 1 heterocycles. The van der Waals surface area contributed by atoms with E-state index < -0.39 is 0 Å². The van der Waals surface area contributed by atoms with Gasteiger partial charge >= 0.3 is 5.69 Å². The number of hydrogen-bond acceptors (Lipinski definition) is 3. The maximum Gasteiger partial charge on any atom is 0.347 e. The predicted molar refractivity (Wildman–Crippen MR) is 60.8 cm³/mol. The Morgan fingerprint density at radius 2 is 2.20 bits per heavy atom. The first-order valence-corrected chi connectivity index (χ1v) is 5.36. The fraction of sp³-hybridized carbons (Fsp3) is 0.636. The number of nitrogens with zero attached hydrogens (tertiary/aromatic N) is 2. The quantitative estimate of drug-likeness (QED) is 0.783. The Kier molecular flexibility index (Phi) is 4.49. The number of rotatable bonds is 5. The van der Waals surface area contributed by atoms with Crippen molar-refractivity contribution in [2.75, 3.05) is 6.54 Å². The average molecular weight is 209 g/mol. The molecule has 1 unspecified atom stereocenters. The molecular weight excluding hydrogens is 190 g/mol. The molecule has 0 aliphatic heterocycles. The zero-order chi connectivity index (χ0) is 11.3. The van der Waals surface area contributed by atoms with E-state index in [1.165, 1.54) is 6.20 Å². The van der Waals surface area contributed by atoms with Crippen molar-refractivity contribution in [3.05, 3.63) is 28.9 Å². The van der Waals surface area contributed by atoms with Gasteiger partial charge in [0.15, 0.2) is 0 Å². The lowest BCUT2D eigenvalue weighted by atomic mass is 10.1. The molecule has 0 fully saturated rings. The van der Waals surface area contributed by atoms with Crippen LogP contribution in [0.3, 0.4) is 0 Å². The molecule has 0 amide bonds. The van der Waals surface area contributed by atoms with Gasteiger partial charge in [-0.15, -0.1) is 0 Å². The van der Waals surface area contributed by atoms with Crippen molar-refractivity contribution in [2.24, 2.45) is 5.92 Å². The second-order valence-electron chi connectivity index (χ2n) is 4.08. The van der Waals surface area contributed by atoms with Crippen LogP contribution in [0.5, 0.6) is 0 Å². The maximum absolute atomic E-state index is 11.3. The van der Waals surface area contributed by atoms with Crippen LogP contribution < -0.4 is 11.0 Å². The molecule has 84 valence electrons. The van der Waals surface area contributed by atoms with Crippen LogP contribution in [-0.2, 0) is 6.54 Å². The molecule has 4 nitrogen and oxygen atoms in total. The van der Waals surface area contributed by atoms with Gasteiger partial charge in [0.1, 0.15) is 0 Å². The third-order valence-electron chi connectivity index (χ3n) is 2.60. The fourth-order valence-electron chi connectivity index (χ4n) is 1.21. The molecule has 0 aliphatic rings. The Labute approximate surface area is 90.3 Å². The summed E-state index contributed by atoms with van der Waals surface area (Å²) in [5.41, 5.74) is -0.184. The van der Waals surface area contributed by atoms with Crippen molar-refractivity contribution in [2.45, 2.75) is 33.4 Å². The summed E-state index contributed by atoms with van der Waals surface area (Å²) in [6, 6.07) is 2.24. The predicted octanol–water partition coefficient (Wildman–Crippen LogP) is 0.877. The van der Waals surface area contributed by atoms with E-state index in [0.717, 1.165) is 6.54 Å². The minimum Gasteiger partial charge on any atom is -0.312 e. The van der Waals surface area contributed by atoms with Crippen LogP contribution in [0.2, 0.25) is 0 Å². The highest BCUT2D eigenvalue weighted by Crippen LogP contribution is 1.98.